The Bertz CT molecular complexity index is 1820. The molecule has 48 heavy (non-hydrogen) atoms. The summed E-state index contributed by atoms with van der Waals surface area (Å²) >= 11 is 0. The molecular formula is C41H40O7. The van der Waals surface area contributed by atoms with Crippen LogP contribution in [0, 0.1) is 0 Å². The van der Waals surface area contributed by atoms with Gasteiger partial charge in [0, 0.05) is 34.2 Å². The fraction of sp³-hybridized carbons (Fsp3) is 0.317. The number of rotatable bonds is 15. The zero-order valence-corrected chi connectivity index (χ0v) is 27.1. The average Bonchev–Trinajstić information content (AvgIpc) is 3.12. The average molecular weight is 645 g/mol. The lowest BCUT2D eigenvalue weighted by Crippen LogP contribution is -2.21. The van der Waals surface area contributed by atoms with Crippen LogP contribution in [0.1, 0.15) is 128 Å². The summed E-state index contributed by atoms with van der Waals surface area (Å²) in [7, 11) is 0. The molecule has 0 saturated carbocycles. The molecule has 0 spiro atoms. The highest BCUT2D eigenvalue weighted by molar-refractivity contribution is 6.28. The molecule has 1 aliphatic carbocycles. The normalized spacial score (nSPS) is 12.7. The van der Waals surface area contributed by atoms with Gasteiger partial charge in [-0.25, -0.2) is 9.59 Å². The smallest absolute Gasteiger partial charge is 0.338 e. The Labute approximate surface area is 281 Å². The van der Waals surface area contributed by atoms with E-state index in [-0.39, 0.29) is 28.7 Å². The first-order chi connectivity index (χ1) is 23.5. The van der Waals surface area contributed by atoms with Crippen LogP contribution >= 0.6 is 0 Å². The van der Waals surface area contributed by atoms with Crippen molar-refractivity contribution >= 4 is 23.5 Å². The minimum Gasteiger partial charge on any atom is -0.462 e. The quantitative estimate of drug-likeness (QED) is 0.0813. The number of fused-ring (bicyclic) bond motifs is 4. The number of carbonyl (C=O) groups excluding carboxylic acids is 4. The summed E-state index contributed by atoms with van der Waals surface area (Å²) < 4.78 is 16.9. The fourth-order valence-electron chi connectivity index (χ4n) is 6.36. The van der Waals surface area contributed by atoms with Gasteiger partial charge in [0.25, 0.3) is 0 Å². The fourth-order valence-corrected chi connectivity index (χ4v) is 6.36. The van der Waals surface area contributed by atoms with Gasteiger partial charge in [0.1, 0.15) is 11.5 Å². The second-order valence-corrected chi connectivity index (χ2v) is 12.5. The minimum absolute atomic E-state index is 0.205. The van der Waals surface area contributed by atoms with Crippen molar-refractivity contribution in [3.05, 3.63) is 129 Å². The van der Waals surface area contributed by atoms with E-state index >= 15 is 0 Å². The van der Waals surface area contributed by atoms with Crippen LogP contribution in [0.3, 0.4) is 0 Å². The van der Waals surface area contributed by atoms with Crippen molar-refractivity contribution in [1.29, 1.82) is 0 Å². The summed E-state index contributed by atoms with van der Waals surface area (Å²) in [6.07, 6.45) is 11.3. The summed E-state index contributed by atoms with van der Waals surface area (Å²) in [5.74, 6) is 0.441. The number of carbonyl (C=O) groups is 4. The first kappa shape index (κ1) is 32.9. The third-order valence-corrected chi connectivity index (χ3v) is 9.04. The van der Waals surface area contributed by atoms with Crippen molar-refractivity contribution < 1.29 is 33.4 Å². The van der Waals surface area contributed by atoms with E-state index in [0.717, 1.165) is 80.4 Å². The van der Waals surface area contributed by atoms with Crippen molar-refractivity contribution in [3.63, 3.8) is 0 Å². The Morgan fingerprint density at radius 1 is 0.500 bits per heavy atom. The highest BCUT2D eigenvalue weighted by Gasteiger charge is 2.30. The van der Waals surface area contributed by atoms with Crippen molar-refractivity contribution in [2.45, 2.75) is 70.6 Å². The number of ether oxygens (including phenoxy) is 3. The van der Waals surface area contributed by atoms with Crippen molar-refractivity contribution in [1.82, 2.24) is 0 Å². The molecule has 0 amide bonds. The number of unbranched alkanes of at least 4 members (excludes halogenated alkanes) is 9. The molecular weight excluding hydrogens is 604 g/mol. The van der Waals surface area contributed by atoms with Gasteiger partial charge in [0.15, 0.2) is 11.6 Å². The summed E-state index contributed by atoms with van der Waals surface area (Å²) in [4.78, 5) is 50.9. The van der Waals surface area contributed by atoms with Gasteiger partial charge in [-0.2, -0.15) is 0 Å². The van der Waals surface area contributed by atoms with Crippen LogP contribution < -0.4 is 4.74 Å². The van der Waals surface area contributed by atoms with Crippen LogP contribution in [-0.4, -0.2) is 36.7 Å². The van der Waals surface area contributed by atoms with E-state index < -0.39 is 5.97 Å². The van der Waals surface area contributed by atoms with E-state index in [9.17, 15) is 19.2 Å². The van der Waals surface area contributed by atoms with Crippen molar-refractivity contribution in [2.75, 3.05) is 13.2 Å². The maximum absolute atomic E-state index is 12.9. The Morgan fingerprint density at radius 2 is 0.979 bits per heavy atom. The maximum atomic E-state index is 12.9. The van der Waals surface area contributed by atoms with Crippen LogP contribution in [0.5, 0.6) is 11.5 Å². The number of para-hydroxylation sites is 1. The number of hydrogen-bond acceptors (Lipinski definition) is 7. The Morgan fingerprint density at radius 3 is 1.62 bits per heavy atom. The molecule has 0 bridgehead atoms. The number of benzene rings is 4. The molecule has 0 N–H and O–H groups in total. The first-order valence-corrected chi connectivity index (χ1v) is 17.0. The lowest BCUT2D eigenvalue weighted by atomic mass is 9.83. The Balaban J connectivity index is 0.781. The molecule has 7 heteroatoms. The molecule has 2 aliphatic rings. The predicted octanol–water partition coefficient (Wildman–Crippen LogP) is 9.07. The van der Waals surface area contributed by atoms with Gasteiger partial charge in [0.05, 0.1) is 24.3 Å². The van der Waals surface area contributed by atoms with E-state index in [1.807, 2.05) is 36.4 Å². The molecule has 0 radical (unpaired) electrons. The zero-order chi connectivity index (χ0) is 33.3. The second kappa shape index (κ2) is 15.7. The maximum Gasteiger partial charge on any atom is 0.338 e. The number of esters is 2. The van der Waals surface area contributed by atoms with Gasteiger partial charge in [-0.05, 0) is 60.9 Å². The molecule has 0 fully saturated rings. The molecule has 7 nitrogen and oxygen atoms in total. The van der Waals surface area contributed by atoms with Crippen LogP contribution in [0.15, 0.2) is 84.9 Å². The summed E-state index contributed by atoms with van der Waals surface area (Å²) in [6, 6.07) is 24.8. The summed E-state index contributed by atoms with van der Waals surface area (Å²) in [5.41, 5.74) is 4.29. The van der Waals surface area contributed by atoms with Gasteiger partial charge in [-0.3, -0.25) is 9.59 Å². The highest BCUT2D eigenvalue weighted by atomic mass is 16.5. The first-order valence-electron chi connectivity index (χ1n) is 17.0. The lowest BCUT2D eigenvalue weighted by Gasteiger charge is -2.20. The number of ketones is 2. The standard InChI is InChI=1S/C41H40O7/c42-38-32-16-10-11-17-33(32)39(43)35-27-30(19-21-34(35)38)41(45)47-24-14-8-6-4-2-1-3-5-7-13-23-46-40(44)29-20-22-37-31(26-29)25-28-15-9-12-18-36(28)48-37/h9-12,15-22,26-27H,1-8,13-14,23-25H2. The molecule has 0 unspecified atom stereocenters. The molecule has 246 valence electrons. The predicted molar refractivity (Wildman–Crippen MR) is 182 cm³/mol. The van der Waals surface area contributed by atoms with Crippen molar-refractivity contribution in [2.24, 2.45) is 0 Å². The number of hydrogen-bond donors (Lipinski definition) is 0. The van der Waals surface area contributed by atoms with E-state index in [1.54, 1.807) is 42.5 Å². The second-order valence-electron chi connectivity index (χ2n) is 12.5. The van der Waals surface area contributed by atoms with Crippen LogP contribution in [0.4, 0.5) is 0 Å². The highest BCUT2D eigenvalue weighted by Crippen LogP contribution is 2.36. The van der Waals surface area contributed by atoms with Gasteiger partial charge in [0.2, 0.25) is 0 Å². The molecule has 6 rings (SSSR count). The van der Waals surface area contributed by atoms with Crippen LogP contribution in [-0.2, 0) is 15.9 Å². The van der Waals surface area contributed by atoms with E-state index in [2.05, 4.69) is 0 Å². The Kier molecular flexibility index (Phi) is 10.8. The Hall–Kier alpha value is -5.04. The van der Waals surface area contributed by atoms with Crippen molar-refractivity contribution in [3.8, 4) is 11.5 Å². The minimum atomic E-state index is -0.480. The van der Waals surface area contributed by atoms with Gasteiger partial charge < -0.3 is 14.2 Å². The summed E-state index contributed by atoms with van der Waals surface area (Å²) in [6.45, 7) is 0.754. The molecule has 4 aromatic carbocycles. The molecule has 1 aliphatic heterocycles. The third kappa shape index (κ3) is 7.73. The monoisotopic (exact) mass is 644 g/mol. The summed E-state index contributed by atoms with van der Waals surface area (Å²) in [5, 5.41) is 0. The largest absolute Gasteiger partial charge is 0.462 e. The SMILES string of the molecule is O=C(OCCCCCCCCCCCCOC(=O)c1ccc2c(c1)C(=O)c1ccccc1C2=O)c1ccc2c(c1)Cc1ccccc1O2. The molecule has 1 heterocycles. The van der Waals surface area contributed by atoms with Gasteiger partial charge >= 0.3 is 11.9 Å². The zero-order valence-electron chi connectivity index (χ0n) is 27.1. The molecule has 0 aromatic heterocycles. The molecule has 4 aromatic rings. The van der Waals surface area contributed by atoms with E-state index in [0.29, 0.717) is 35.5 Å². The topological polar surface area (TPSA) is 96.0 Å². The molecule has 0 atom stereocenters. The van der Waals surface area contributed by atoms with E-state index in [1.165, 1.54) is 18.9 Å². The lowest BCUT2D eigenvalue weighted by molar-refractivity contribution is 0.0488. The van der Waals surface area contributed by atoms with E-state index in [4.69, 9.17) is 14.2 Å². The van der Waals surface area contributed by atoms with Crippen LogP contribution in [0.2, 0.25) is 0 Å². The van der Waals surface area contributed by atoms with Crippen LogP contribution in [0.25, 0.3) is 0 Å². The van der Waals surface area contributed by atoms with Gasteiger partial charge in [-0.15, -0.1) is 0 Å². The molecule has 0 saturated heterocycles. The van der Waals surface area contributed by atoms with Gasteiger partial charge in [-0.1, -0.05) is 93.8 Å². The third-order valence-electron chi connectivity index (χ3n) is 9.04.